The molecule has 1 unspecified atom stereocenters. The van der Waals surface area contributed by atoms with Crippen molar-refractivity contribution >= 4 is 11.9 Å². The molecule has 13 heavy (non-hydrogen) atoms. The normalized spacial score (nSPS) is 21.5. The van der Waals surface area contributed by atoms with Crippen LogP contribution in [0.1, 0.15) is 26.7 Å². The molecule has 1 aliphatic rings. The molecule has 1 rings (SSSR count). The molecule has 0 aromatic heterocycles. The Bertz CT molecular complexity index is 223. The van der Waals surface area contributed by atoms with Crippen molar-refractivity contribution in [2.24, 2.45) is 10.9 Å². The maximum absolute atomic E-state index is 10.4. The van der Waals surface area contributed by atoms with Gasteiger partial charge in [-0.05, 0) is 5.92 Å². The van der Waals surface area contributed by atoms with E-state index in [9.17, 15) is 4.79 Å². The highest BCUT2D eigenvalue weighted by molar-refractivity contribution is 5.78. The zero-order valence-electron chi connectivity index (χ0n) is 7.99. The first kappa shape index (κ1) is 10.0. The number of hydrogen-bond donors (Lipinski definition) is 1. The molecular weight excluding hydrogens is 170 g/mol. The molecule has 1 aliphatic heterocycles. The summed E-state index contributed by atoms with van der Waals surface area (Å²) in [6.45, 7) is 4.65. The van der Waals surface area contributed by atoms with E-state index in [4.69, 9.17) is 9.84 Å². The first-order valence-corrected chi connectivity index (χ1v) is 4.49. The summed E-state index contributed by atoms with van der Waals surface area (Å²) in [6.07, 6.45) is 0.604. The van der Waals surface area contributed by atoms with Crippen LogP contribution >= 0.6 is 0 Å². The van der Waals surface area contributed by atoms with Gasteiger partial charge in [0.25, 0.3) is 0 Å². The number of carbonyl (C=O) groups is 1. The Morgan fingerprint density at radius 3 is 3.00 bits per heavy atom. The standard InChI is InChI=1S/C9H15NO3/c1-6(2)3-8-10-5-7(13-8)4-9(11)12/h6-7H,3-5H2,1-2H3,(H,11,12). The highest BCUT2D eigenvalue weighted by Crippen LogP contribution is 2.13. The Hall–Kier alpha value is -1.06. The van der Waals surface area contributed by atoms with E-state index in [1.54, 1.807) is 0 Å². The Kier molecular flexibility index (Phi) is 3.28. The van der Waals surface area contributed by atoms with Crippen LogP contribution in [0.3, 0.4) is 0 Å². The van der Waals surface area contributed by atoms with Crippen molar-refractivity contribution in [3.8, 4) is 0 Å². The highest BCUT2D eigenvalue weighted by atomic mass is 16.5. The molecule has 0 fully saturated rings. The molecule has 1 heterocycles. The number of rotatable bonds is 4. The Morgan fingerprint density at radius 2 is 2.46 bits per heavy atom. The average molecular weight is 185 g/mol. The molecular formula is C9H15NO3. The fourth-order valence-corrected chi connectivity index (χ4v) is 1.23. The van der Waals surface area contributed by atoms with Crippen molar-refractivity contribution in [2.45, 2.75) is 32.8 Å². The number of carboxylic acids is 1. The minimum atomic E-state index is -0.828. The number of carboxylic acid groups (broad SMARTS) is 1. The molecule has 0 saturated carbocycles. The van der Waals surface area contributed by atoms with Crippen LogP contribution in [0, 0.1) is 5.92 Å². The number of nitrogens with zero attached hydrogens (tertiary/aromatic N) is 1. The molecule has 0 radical (unpaired) electrons. The number of aliphatic carboxylic acids is 1. The van der Waals surface area contributed by atoms with Crippen molar-refractivity contribution in [3.05, 3.63) is 0 Å². The Balaban J connectivity index is 2.29. The molecule has 0 bridgehead atoms. The molecule has 0 amide bonds. The number of aliphatic imine (C=N–C) groups is 1. The second kappa shape index (κ2) is 4.25. The molecule has 4 heteroatoms. The summed E-state index contributed by atoms with van der Waals surface area (Å²) < 4.78 is 5.35. The van der Waals surface area contributed by atoms with Crippen molar-refractivity contribution < 1.29 is 14.6 Å². The van der Waals surface area contributed by atoms with Gasteiger partial charge in [0.15, 0.2) is 5.90 Å². The van der Waals surface area contributed by atoms with Gasteiger partial charge >= 0.3 is 5.97 Å². The zero-order valence-corrected chi connectivity index (χ0v) is 7.99. The van der Waals surface area contributed by atoms with Crippen LogP contribution in [-0.4, -0.2) is 29.6 Å². The van der Waals surface area contributed by atoms with Gasteiger partial charge in [-0.25, -0.2) is 0 Å². The van der Waals surface area contributed by atoms with E-state index in [-0.39, 0.29) is 12.5 Å². The summed E-state index contributed by atoms with van der Waals surface area (Å²) in [5.74, 6) is 0.384. The quantitative estimate of drug-likeness (QED) is 0.718. The van der Waals surface area contributed by atoms with Crippen LogP contribution in [-0.2, 0) is 9.53 Å². The molecule has 4 nitrogen and oxygen atoms in total. The van der Waals surface area contributed by atoms with Crippen molar-refractivity contribution in [1.82, 2.24) is 0 Å². The second-order valence-corrected chi connectivity index (χ2v) is 3.67. The van der Waals surface area contributed by atoms with E-state index >= 15 is 0 Å². The van der Waals surface area contributed by atoms with E-state index in [1.807, 2.05) is 0 Å². The summed E-state index contributed by atoms with van der Waals surface area (Å²) in [7, 11) is 0. The summed E-state index contributed by atoms with van der Waals surface area (Å²) in [5, 5.41) is 8.51. The predicted octanol–water partition coefficient (Wildman–Crippen LogP) is 1.30. The van der Waals surface area contributed by atoms with Gasteiger partial charge in [0, 0.05) is 6.42 Å². The van der Waals surface area contributed by atoms with E-state index in [0.29, 0.717) is 18.4 Å². The first-order chi connectivity index (χ1) is 6.08. The maximum Gasteiger partial charge on any atom is 0.307 e. The maximum atomic E-state index is 10.4. The minimum Gasteiger partial charge on any atom is -0.481 e. The summed E-state index contributed by atoms with van der Waals surface area (Å²) in [4.78, 5) is 14.5. The fourth-order valence-electron chi connectivity index (χ4n) is 1.23. The third kappa shape index (κ3) is 3.44. The van der Waals surface area contributed by atoms with Crippen molar-refractivity contribution in [1.29, 1.82) is 0 Å². The molecule has 0 aromatic carbocycles. The fraction of sp³-hybridized carbons (Fsp3) is 0.778. The lowest BCUT2D eigenvalue weighted by atomic mass is 10.1. The van der Waals surface area contributed by atoms with Crippen LogP contribution < -0.4 is 0 Å². The lowest BCUT2D eigenvalue weighted by molar-refractivity contribution is -0.138. The van der Waals surface area contributed by atoms with E-state index in [2.05, 4.69) is 18.8 Å². The number of hydrogen-bond acceptors (Lipinski definition) is 3. The van der Waals surface area contributed by atoms with E-state index in [0.717, 1.165) is 6.42 Å². The summed E-state index contributed by atoms with van der Waals surface area (Å²) in [6, 6.07) is 0. The molecule has 74 valence electrons. The van der Waals surface area contributed by atoms with Gasteiger partial charge in [0.05, 0.1) is 13.0 Å². The van der Waals surface area contributed by atoms with Gasteiger partial charge in [-0.3, -0.25) is 9.79 Å². The van der Waals surface area contributed by atoms with Gasteiger partial charge in [-0.2, -0.15) is 0 Å². The van der Waals surface area contributed by atoms with Crippen LogP contribution in [0.5, 0.6) is 0 Å². The summed E-state index contributed by atoms with van der Waals surface area (Å²) in [5.41, 5.74) is 0. The SMILES string of the molecule is CC(C)CC1=NCC(CC(=O)O)O1. The minimum absolute atomic E-state index is 0.0467. The van der Waals surface area contributed by atoms with Crippen LogP contribution in [0.15, 0.2) is 4.99 Å². The van der Waals surface area contributed by atoms with Crippen LogP contribution in [0.25, 0.3) is 0 Å². The monoisotopic (exact) mass is 185 g/mol. The van der Waals surface area contributed by atoms with Gasteiger partial charge in [0.2, 0.25) is 0 Å². The highest BCUT2D eigenvalue weighted by Gasteiger charge is 2.22. The van der Waals surface area contributed by atoms with Gasteiger partial charge in [-0.1, -0.05) is 13.8 Å². The van der Waals surface area contributed by atoms with Crippen molar-refractivity contribution in [2.75, 3.05) is 6.54 Å². The van der Waals surface area contributed by atoms with Gasteiger partial charge in [-0.15, -0.1) is 0 Å². The molecule has 0 aromatic rings. The average Bonchev–Trinajstić information content (AvgIpc) is 2.33. The third-order valence-electron chi connectivity index (χ3n) is 1.76. The zero-order chi connectivity index (χ0) is 9.84. The van der Waals surface area contributed by atoms with Crippen LogP contribution in [0.2, 0.25) is 0 Å². The molecule has 1 N–H and O–H groups in total. The van der Waals surface area contributed by atoms with E-state index in [1.165, 1.54) is 0 Å². The lowest BCUT2D eigenvalue weighted by Gasteiger charge is -2.09. The van der Waals surface area contributed by atoms with Crippen molar-refractivity contribution in [3.63, 3.8) is 0 Å². The predicted molar refractivity (Wildman–Crippen MR) is 48.9 cm³/mol. The summed E-state index contributed by atoms with van der Waals surface area (Å²) >= 11 is 0. The number of ether oxygens (including phenoxy) is 1. The molecule has 1 atom stereocenters. The Morgan fingerprint density at radius 1 is 1.77 bits per heavy atom. The largest absolute Gasteiger partial charge is 0.481 e. The molecule has 0 saturated heterocycles. The van der Waals surface area contributed by atoms with E-state index < -0.39 is 5.97 Å². The first-order valence-electron chi connectivity index (χ1n) is 4.49. The van der Waals surface area contributed by atoms with Gasteiger partial charge in [0.1, 0.15) is 6.10 Å². The smallest absolute Gasteiger partial charge is 0.307 e. The van der Waals surface area contributed by atoms with Gasteiger partial charge < -0.3 is 9.84 Å². The molecule has 0 aliphatic carbocycles. The second-order valence-electron chi connectivity index (χ2n) is 3.67. The van der Waals surface area contributed by atoms with Crippen LogP contribution in [0.4, 0.5) is 0 Å². The molecule has 0 spiro atoms. The Labute approximate surface area is 77.6 Å². The lowest BCUT2D eigenvalue weighted by Crippen LogP contribution is -2.18. The third-order valence-corrected chi connectivity index (χ3v) is 1.76. The topological polar surface area (TPSA) is 58.9 Å².